The first-order chi connectivity index (χ1) is 8.97. The number of nitrogens with zero attached hydrogens (tertiary/aromatic N) is 1. The molecule has 1 aromatic carbocycles. The molecule has 0 spiro atoms. The van der Waals surface area contributed by atoms with Crippen LogP contribution >= 0.6 is 0 Å². The number of hydrogen-bond acceptors (Lipinski definition) is 4. The van der Waals surface area contributed by atoms with Crippen LogP contribution in [0, 0.1) is 5.92 Å². The highest BCUT2D eigenvalue weighted by atomic mass is 32.2. The lowest BCUT2D eigenvalue weighted by molar-refractivity contribution is 0.336. The van der Waals surface area contributed by atoms with Crippen LogP contribution < -0.4 is 10.5 Å². The van der Waals surface area contributed by atoms with Crippen molar-refractivity contribution in [1.82, 2.24) is 4.31 Å². The highest BCUT2D eigenvalue weighted by Gasteiger charge is 2.28. The van der Waals surface area contributed by atoms with E-state index in [1.54, 1.807) is 28.6 Å². The third kappa shape index (κ3) is 3.84. The molecular formula is C13H20N2O3S. The molecule has 0 saturated carbocycles. The summed E-state index contributed by atoms with van der Waals surface area (Å²) in [5.74, 6) is 1.11. The number of ether oxygens (including phenoxy) is 1. The first-order valence-corrected chi connectivity index (χ1v) is 8.04. The monoisotopic (exact) mass is 284 g/mol. The van der Waals surface area contributed by atoms with Gasteiger partial charge in [0.1, 0.15) is 12.4 Å². The van der Waals surface area contributed by atoms with Gasteiger partial charge in [-0.3, -0.25) is 0 Å². The summed E-state index contributed by atoms with van der Waals surface area (Å²) in [5, 5.41) is 0. The van der Waals surface area contributed by atoms with Crippen molar-refractivity contribution in [1.29, 1.82) is 0 Å². The van der Waals surface area contributed by atoms with Gasteiger partial charge in [-0.05, 0) is 36.6 Å². The lowest BCUT2D eigenvalue weighted by Gasteiger charge is -2.16. The number of nitrogens with two attached hydrogens (primary N) is 1. The fraction of sp³-hybridized carbons (Fsp3) is 0.538. The Balaban J connectivity index is 1.83. The van der Waals surface area contributed by atoms with E-state index in [2.05, 4.69) is 6.92 Å². The number of benzene rings is 1. The van der Waals surface area contributed by atoms with Crippen LogP contribution in [0.3, 0.4) is 0 Å². The number of hydrogen-bond donors (Lipinski definition) is 1. The van der Waals surface area contributed by atoms with Crippen LogP contribution in [0.2, 0.25) is 0 Å². The Morgan fingerprint density at radius 2 is 2.05 bits per heavy atom. The average Bonchev–Trinajstić information content (AvgIpc) is 2.79. The SMILES string of the molecule is CC1CCN(S(=O)(=O)CCOc2ccc(N)cc2)C1. The van der Waals surface area contributed by atoms with Crippen LogP contribution in [0.4, 0.5) is 5.69 Å². The molecule has 0 aromatic heterocycles. The van der Waals surface area contributed by atoms with Crippen LogP contribution in [-0.4, -0.2) is 38.2 Å². The van der Waals surface area contributed by atoms with E-state index in [-0.39, 0.29) is 12.4 Å². The van der Waals surface area contributed by atoms with Gasteiger partial charge in [-0.15, -0.1) is 0 Å². The summed E-state index contributed by atoms with van der Waals surface area (Å²) < 4.78 is 31.1. The Morgan fingerprint density at radius 3 is 2.63 bits per heavy atom. The van der Waals surface area contributed by atoms with Crippen molar-refractivity contribution in [3.63, 3.8) is 0 Å². The summed E-state index contributed by atoms with van der Waals surface area (Å²) in [6, 6.07) is 6.93. The fourth-order valence-corrected chi connectivity index (χ4v) is 3.52. The number of sulfonamides is 1. The van der Waals surface area contributed by atoms with Crippen LogP contribution in [0.1, 0.15) is 13.3 Å². The minimum Gasteiger partial charge on any atom is -0.492 e. The van der Waals surface area contributed by atoms with Gasteiger partial charge >= 0.3 is 0 Å². The second-order valence-electron chi connectivity index (χ2n) is 4.99. The molecule has 0 radical (unpaired) electrons. The predicted octanol–water partition coefficient (Wildman–Crippen LogP) is 1.32. The molecule has 1 heterocycles. The molecule has 0 amide bonds. The lowest BCUT2D eigenvalue weighted by Crippen LogP contribution is -2.32. The summed E-state index contributed by atoms with van der Waals surface area (Å²) in [6.07, 6.45) is 0.943. The predicted molar refractivity (Wildman–Crippen MR) is 75.5 cm³/mol. The van der Waals surface area contributed by atoms with Gasteiger partial charge < -0.3 is 10.5 Å². The molecule has 6 heteroatoms. The molecule has 19 heavy (non-hydrogen) atoms. The zero-order valence-electron chi connectivity index (χ0n) is 11.1. The molecule has 2 rings (SSSR count). The molecule has 0 bridgehead atoms. The molecule has 1 aliphatic rings. The number of anilines is 1. The van der Waals surface area contributed by atoms with Crippen molar-refractivity contribution in [2.24, 2.45) is 5.92 Å². The molecule has 1 fully saturated rings. The van der Waals surface area contributed by atoms with Gasteiger partial charge in [0.2, 0.25) is 10.0 Å². The molecule has 1 aromatic rings. The Bertz CT molecular complexity index is 513. The maximum atomic E-state index is 12.0. The molecule has 1 atom stereocenters. The second-order valence-corrected chi connectivity index (χ2v) is 7.07. The Kier molecular flexibility index (Phi) is 4.31. The first-order valence-electron chi connectivity index (χ1n) is 6.43. The van der Waals surface area contributed by atoms with Crippen molar-refractivity contribution < 1.29 is 13.2 Å². The maximum Gasteiger partial charge on any atom is 0.217 e. The second kappa shape index (κ2) is 5.79. The highest BCUT2D eigenvalue weighted by molar-refractivity contribution is 7.89. The molecular weight excluding hydrogens is 264 g/mol. The van der Waals surface area contributed by atoms with E-state index >= 15 is 0 Å². The van der Waals surface area contributed by atoms with E-state index in [0.717, 1.165) is 6.42 Å². The van der Waals surface area contributed by atoms with Crippen molar-refractivity contribution in [2.45, 2.75) is 13.3 Å². The van der Waals surface area contributed by atoms with Crippen LogP contribution in [0.25, 0.3) is 0 Å². The molecule has 0 aliphatic carbocycles. The summed E-state index contributed by atoms with van der Waals surface area (Å²) in [5.41, 5.74) is 6.22. The minimum atomic E-state index is -3.19. The molecule has 1 aliphatic heterocycles. The summed E-state index contributed by atoms with van der Waals surface area (Å²) in [6.45, 7) is 3.49. The minimum absolute atomic E-state index is 0.0180. The van der Waals surface area contributed by atoms with E-state index in [4.69, 9.17) is 10.5 Å². The Hall–Kier alpha value is -1.27. The normalized spacial score (nSPS) is 20.6. The zero-order valence-corrected chi connectivity index (χ0v) is 11.9. The third-order valence-corrected chi connectivity index (χ3v) is 5.07. The van der Waals surface area contributed by atoms with Gasteiger partial charge in [-0.25, -0.2) is 12.7 Å². The highest BCUT2D eigenvalue weighted by Crippen LogP contribution is 2.19. The smallest absolute Gasteiger partial charge is 0.217 e. The molecule has 2 N–H and O–H groups in total. The topological polar surface area (TPSA) is 72.6 Å². The lowest BCUT2D eigenvalue weighted by atomic mass is 10.2. The van der Waals surface area contributed by atoms with Gasteiger partial charge in [-0.1, -0.05) is 6.92 Å². The van der Waals surface area contributed by atoms with Crippen molar-refractivity contribution in [3.8, 4) is 5.75 Å². The van der Waals surface area contributed by atoms with Crippen molar-refractivity contribution in [3.05, 3.63) is 24.3 Å². The number of nitrogen functional groups attached to an aromatic ring is 1. The molecule has 1 unspecified atom stereocenters. The molecule has 1 saturated heterocycles. The van der Waals surface area contributed by atoms with Gasteiger partial charge in [0.15, 0.2) is 0 Å². The Labute approximate surface area is 114 Å². The van der Waals surface area contributed by atoms with E-state index in [1.807, 2.05) is 0 Å². The maximum absolute atomic E-state index is 12.0. The van der Waals surface area contributed by atoms with Crippen LogP contribution in [0.5, 0.6) is 5.75 Å². The van der Waals surface area contributed by atoms with E-state index in [9.17, 15) is 8.42 Å². The summed E-state index contributed by atoms with van der Waals surface area (Å²) in [7, 11) is -3.19. The van der Waals surface area contributed by atoms with Crippen LogP contribution in [0.15, 0.2) is 24.3 Å². The third-order valence-electron chi connectivity index (χ3n) is 3.27. The van der Waals surface area contributed by atoms with Crippen molar-refractivity contribution >= 4 is 15.7 Å². The van der Waals surface area contributed by atoms with Crippen LogP contribution in [-0.2, 0) is 10.0 Å². The van der Waals surface area contributed by atoms with Gasteiger partial charge in [-0.2, -0.15) is 0 Å². The standard InChI is InChI=1S/C13H20N2O3S/c1-11-6-7-15(10-11)19(16,17)9-8-18-13-4-2-12(14)3-5-13/h2-5,11H,6-10,14H2,1H3. The Morgan fingerprint density at radius 1 is 1.37 bits per heavy atom. The molecule has 5 nitrogen and oxygen atoms in total. The number of rotatable bonds is 5. The summed E-state index contributed by atoms with van der Waals surface area (Å²) in [4.78, 5) is 0. The van der Waals surface area contributed by atoms with Gasteiger partial charge in [0, 0.05) is 18.8 Å². The van der Waals surface area contributed by atoms with Crippen molar-refractivity contribution in [2.75, 3.05) is 31.2 Å². The van der Waals surface area contributed by atoms with Gasteiger partial charge in [0.05, 0.1) is 5.75 Å². The van der Waals surface area contributed by atoms with E-state index in [0.29, 0.717) is 30.4 Å². The van der Waals surface area contributed by atoms with E-state index < -0.39 is 10.0 Å². The first kappa shape index (κ1) is 14.1. The fourth-order valence-electron chi connectivity index (χ4n) is 2.11. The van der Waals surface area contributed by atoms with Gasteiger partial charge in [0.25, 0.3) is 0 Å². The van der Waals surface area contributed by atoms with E-state index in [1.165, 1.54) is 0 Å². The quantitative estimate of drug-likeness (QED) is 0.828. The largest absolute Gasteiger partial charge is 0.492 e. The summed E-state index contributed by atoms with van der Waals surface area (Å²) >= 11 is 0. The zero-order chi connectivity index (χ0) is 13.9. The average molecular weight is 284 g/mol. The molecule has 106 valence electrons.